The molecule has 2 aromatic carbocycles. The molecule has 0 radical (unpaired) electrons. The molecule has 1 heterocycles. The summed E-state index contributed by atoms with van der Waals surface area (Å²) in [7, 11) is 0. The monoisotopic (exact) mass is 445 g/mol. The van der Waals surface area contributed by atoms with Gasteiger partial charge in [-0.25, -0.2) is 4.79 Å². The largest absolute Gasteiger partial charge is 0.456 e. The van der Waals surface area contributed by atoms with E-state index >= 15 is 0 Å². The van der Waals surface area contributed by atoms with Crippen LogP contribution in [0.25, 0.3) is 0 Å². The van der Waals surface area contributed by atoms with Crippen molar-refractivity contribution in [3.8, 4) is 0 Å². The van der Waals surface area contributed by atoms with E-state index in [1.807, 2.05) is 48.5 Å². The number of benzene rings is 2. The zero-order chi connectivity index (χ0) is 23.7. The Morgan fingerprint density at radius 3 is 1.61 bits per heavy atom. The van der Waals surface area contributed by atoms with Gasteiger partial charge in [-0.05, 0) is 29.2 Å². The van der Waals surface area contributed by atoms with E-state index in [4.69, 9.17) is 4.74 Å². The van der Waals surface area contributed by atoms with Gasteiger partial charge < -0.3 is 4.74 Å². The highest BCUT2D eigenvalue weighted by Crippen LogP contribution is 2.61. The van der Waals surface area contributed by atoms with Crippen LogP contribution in [0.5, 0.6) is 0 Å². The molecule has 3 atom stereocenters. The van der Waals surface area contributed by atoms with Crippen molar-refractivity contribution in [2.75, 3.05) is 6.61 Å². The number of hydrogen-bond acceptors (Lipinski definition) is 5. The first-order valence-corrected chi connectivity index (χ1v) is 11.4. The van der Waals surface area contributed by atoms with Crippen LogP contribution in [0.3, 0.4) is 0 Å². The van der Waals surface area contributed by atoms with Gasteiger partial charge in [-0.3, -0.25) is 19.3 Å². The number of Topliss-reactive ketones (excluding diaryl/α,β-unsaturated/α-hetero) is 1. The third kappa shape index (κ3) is 3.07. The van der Waals surface area contributed by atoms with Crippen molar-refractivity contribution in [3.05, 3.63) is 70.8 Å². The molecule has 4 aliphatic rings. The molecule has 1 aliphatic heterocycles. The maximum atomic E-state index is 13.6. The molecule has 170 valence electrons. The smallest absolute Gasteiger partial charge is 0.329 e. The highest BCUT2D eigenvalue weighted by molar-refractivity contribution is 6.10. The number of carbonyl (C=O) groups is 4. The molecule has 6 rings (SSSR count). The Labute approximate surface area is 192 Å². The summed E-state index contributed by atoms with van der Waals surface area (Å²) >= 11 is 0. The normalized spacial score (nSPS) is 25.9. The van der Waals surface area contributed by atoms with E-state index in [-0.39, 0.29) is 36.0 Å². The number of rotatable bonds is 4. The molecule has 2 amide bonds. The van der Waals surface area contributed by atoms with Crippen molar-refractivity contribution in [1.29, 1.82) is 0 Å². The van der Waals surface area contributed by atoms with E-state index in [9.17, 15) is 19.2 Å². The lowest BCUT2D eigenvalue weighted by molar-refractivity contribution is -0.160. The summed E-state index contributed by atoms with van der Waals surface area (Å²) in [5.74, 6) is -3.17. The molecule has 3 aliphatic carbocycles. The summed E-state index contributed by atoms with van der Waals surface area (Å²) in [5, 5.41) is 0. The predicted octanol–water partition coefficient (Wildman–Crippen LogP) is 3.43. The van der Waals surface area contributed by atoms with Crippen LogP contribution in [0.2, 0.25) is 0 Å². The average Bonchev–Trinajstić information content (AvgIpc) is 3.06. The van der Waals surface area contributed by atoms with Crippen molar-refractivity contribution in [3.63, 3.8) is 0 Å². The zero-order valence-electron chi connectivity index (χ0n) is 19.2. The Morgan fingerprint density at radius 1 is 0.848 bits per heavy atom. The van der Waals surface area contributed by atoms with Gasteiger partial charge in [0.15, 0.2) is 12.4 Å². The molecule has 2 aromatic rings. The lowest BCUT2D eigenvalue weighted by atomic mass is 9.55. The first-order valence-electron chi connectivity index (χ1n) is 11.4. The van der Waals surface area contributed by atoms with Gasteiger partial charge in [-0.15, -0.1) is 0 Å². The average molecular weight is 446 g/mol. The van der Waals surface area contributed by atoms with Crippen LogP contribution in [0.1, 0.15) is 61.8 Å². The molecule has 6 nitrogen and oxygen atoms in total. The molecular formula is C27H27NO5. The van der Waals surface area contributed by atoms with Gasteiger partial charge in [0.05, 0.1) is 11.8 Å². The number of amides is 2. The van der Waals surface area contributed by atoms with Crippen LogP contribution in [0.4, 0.5) is 0 Å². The van der Waals surface area contributed by atoms with Crippen LogP contribution in [0.15, 0.2) is 48.5 Å². The molecule has 3 unspecified atom stereocenters. The SMILES string of the molecule is CC(C(=O)OCC(=O)C(C)(C)C)N1C(=O)C2C3c4ccccc4C(c4ccccc43)C2C1=O. The van der Waals surface area contributed by atoms with Gasteiger partial charge in [0.2, 0.25) is 11.8 Å². The van der Waals surface area contributed by atoms with Crippen molar-refractivity contribution < 1.29 is 23.9 Å². The van der Waals surface area contributed by atoms with Crippen LogP contribution >= 0.6 is 0 Å². The number of ketones is 1. The molecule has 6 heteroatoms. The minimum Gasteiger partial charge on any atom is -0.456 e. The first-order chi connectivity index (χ1) is 15.6. The van der Waals surface area contributed by atoms with Crippen LogP contribution in [-0.2, 0) is 23.9 Å². The van der Waals surface area contributed by atoms with Crippen molar-refractivity contribution in [2.24, 2.45) is 17.3 Å². The van der Waals surface area contributed by atoms with E-state index < -0.39 is 29.3 Å². The van der Waals surface area contributed by atoms with E-state index in [0.29, 0.717) is 0 Å². The lowest BCUT2D eigenvalue weighted by Gasteiger charge is -2.45. The molecule has 1 fully saturated rings. The fraction of sp³-hybridized carbons (Fsp3) is 0.407. The fourth-order valence-corrected chi connectivity index (χ4v) is 5.66. The Morgan fingerprint density at radius 2 is 1.24 bits per heavy atom. The summed E-state index contributed by atoms with van der Waals surface area (Å²) in [5.41, 5.74) is 3.68. The number of likely N-dealkylation sites (tertiary alicyclic amines) is 1. The third-order valence-electron chi connectivity index (χ3n) is 7.39. The molecule has 33 heavy (non-hydrogen) atoms. The number of carbonyl (C=O) groups excluding carboxylic acids is 4. The van der Waals surface area contributed by atoms with Crippen molar-refractivity contribution in [2.45, 2.75) is 45.6 Å². The molecular weight excluding hydrogens is 418 g/mol. The van der Waals surface area contributed by atoms with Crippen molar-refractivity contribution >= 4 is 23.6 Å². The van der Waals surface area contributed by atoms with Gasteiger partial charge in [-0.1, -0.05) is 69.3 Å². The summed E-state index contributed by atoms with van der Waals surface area (Å²) in [6.45, 7) is 6.36. The molecule has 0 aromatic heterocycles. The number of nitrogens with zero attached hydrogens (tertiary/aromatic N) is 1. The highest BCUT2D eigenvalue weighted by atomic mass is 16.5. The number of imide groups is 1. The van der Waals surface area contributed by atoms with Gasteiger partial charge in [0, 0.05) is 17.3 Å². The first kappa shape index (κ1) is 21.6. The van der Waals surface area contributed by atoms with Gasteiger partial charge in [0.1, 0.15) is 6.04 Å². The van der Waals surface area contributed by atoms with E-state index in [0.717, 1.165) is 27.2 Å². The third-order valence-corrected chi connectivity index (χ3v) is 7.39. The van der Waals surface area contributed by atoms with Gasteiger partial charge in [0.25, 0.3) is 0 Å². The number of esters is 1. The Hall–Kier alpha value is -3.28. The van der Waals surface area contributed by atoms with E-state index in [2.05, 4.69) is 0 Å². The molecule has 2 bridgehead atoms. The second-order valence-corrected chi connectivity index (χ2v) is 10.3. The maximum absolute atomic E-state index is 13.6. The predicted molar refractivity (Wildman–Crippen MR) is 120 cm³/mol. The van der Waals surface area contributed by atoms with Crippen LogP contribution in [0, 0.1) is 17.3 Å². The van der Waals surface area contributed by atoms with Gasteiger partial charge in [-0.2, -0.15) is 0 Å². The molecule has 1 saturated heterocycles. The molecule has 0 N–H and O–H groups in total. The fourth-order valence-electron chi connectivity index (χ4n) is 5.66. The minimum atomic E-state index is -1.09. The molecule has 0 saturated carbocycles. The maximum Gasteiger partial charge on any atom is 0.329 e. The van der Waals surface area contributed by atoms with Crippen LogP contribution in [-0.4, -0.2) is 41.1 Å². The second-order valence-electron chi connectivity index (χ2n) is 10.3. The Kier molecular flexibility index (Phi) is 4.82. The van der Waals surface area contributed by atoms with E-state index in [1.165, 1.54) is 6.92 Å². The lowest BCUT2D eigenvalue weighted by Crippen LogP contribution is -2.45. The summed E-state index contributed by atoms with van der Waals surface area (Å²) in [4.78, 5) is 53.3. The summed E-state index contributed by atoms with van der Waals surface area (Å²) in [6, 6.07) is 14.9. The molecule has 0 spiro atoms. The Balaban J connectivity index is 1.47. The van der Waals surface area contributed by atoms with Gasteiger partial charge >= 0.3 is 5.97 Å². The minimum absolute atomic E-state index is 0.222. The van der Waals surface area contributed by atoms with Crippen molar-refractivity contribution in [1.82, 2.24) is 4.90 Å². The van der Waals surface area contributed by atoms with Crippen LogP contribution < -0.4 is 0 Å². The zero-order valence-corrected chi connectivity index (χ0v) is 19.2. The summed E-state index contributed by atoms with van der Waals surface area (Å²) < 4.78 is 5.21. The summed E-state index contributed by atoms with van der Waals surface area (Å²) in [6.07, 6.45) is 0. The number of ether oxygens (including phenoxy) is 1. The highest BCUT2D eigenvalue weighted by Gasteiger charge is 2.62. The quantitative estimate of drug-likeness (QED) is 0.532. The number of hydrogen-bond donors (Lipinski definition) is 0. The second kappa shape index (κ2) is 7.37. The standard InChI is InChI=1S/C27H27NO5/c1-14(26(32)33-13-19(29)27(2,3)4)28-24(30)22-20-15-9-5-6-10-16(15)21(23(22)25(28)31)18-12-8-7-11-17(18)20/h5-12,14,20-23H,13H2,1-4H3. The Bertz CT molecular complexity index is 1080. The topological polar surface area (TPSA) is 80.8 Å². The van der Waals surface area contributed by atoms with E-state index in [1.54, 1.807) is 20.8 Å².